The number of anilines is 1. The third-order valence-corrected chi connectivity index (χ3v) is 8.02. The van der Waals surface area contributed by atoms with Crippen LogP contribution < -0.4 is 4.90 Å². The Labute approximate surface area is 183 Å². The smallest absolute Gasteiger partial charge is 0.348 e. The summed E-state index contributed by atoms with van der Waals surface area (Å²) in [4.78, 5) is 28.8. The molecule has 1 saturated heterocycles. The molecule has 168 valence electrons. The fraction of sp³-hybridized carbons (Fsp3) is 0.739. The summed E-state index contributed by atoms with van der Waals surface area (Å²) in [5.74, 6) is -0.868. The van der Waals surface area contributed by atoms with Crippen LogP contribution in [0.4, 0.5) is 5.69 Å². The molecule has 30 heavy (non-hydrogen) atoms. The summed E-state index contributed by atoms with van der Waals surface area (Å²) < 4.78 is 6.13. The van der Waals surface area contributed by atoms with Gasteiger partial charge in [0.15, 0.2) is 0 Å². The second kappa shape index (κ2) is 8.97. The number of carboxylic acids is 1. The van der Waals surface area contributed by atoms with Gasteiger partial charge in [0.1, 0.15) is 10.5 Å². The lowest BCUT2D eigenvalue weighted by Crippen LogP contribution is -2.62. The Morgan fingerprint density at radius 3 is 2.53 bits per heavy atom. The second-order valence-electron chi connectivity index (χ2n) is 9.89. The minimum atomic E-state index is -1.05. The van der Waals surface area contributed by atoms with Gasteiger partial charge in [-0.25, -0.2) is 4.79 Å². The first-order valence-corrected chi connectivity index (χ1v) is 11.9. The van der Waals surface area contributed by atoms with Gasteiger partial charge in [-0.15, -0.1) is 11.3 Å². The van der Waals surface area contributed by atoms with Crippen LogP contribution in [-0.4, -0.2) is 46.9 Å². The maximum absolute atomic E-state index is 13.8. The van der Waals surface area contributed by atoms with Crippen LogP contribution >= 0.6 is 11.3 Å². The molecule has 1 aromatic rings. The summed E-state index contributed by atoms with van der Waals surface area (Å²) in [6.45, 7) is 8.33. The Morgan fingerprint density at radius 1 is 1.30 bits per heavy atom. The van der Waals surface area contributed by atoms with Crippen LogP contribution in [0.1, 0.15) is 87.2 Å². The molecular formula is C23H35NO5S. The molecule has 0 radical (unpaired) electrons. The van der Waals surface area contributed by atoms with Crippen LogP contribution in [0.5, 0.6) is 0 Å². The van der Waals surface area contributed by atoms with E-state index in [1.54, 1.807) is 11.8 Å². The highest BCUT2D eigenvalue weighted by Gasteiger charge is 2.49. The van der Waals surface area contributed by atoms with Gasteiger partial charge in [0.2, 0.25) is 0 Å². The van der Waals surface area contributed by atoms with E-state index in [2.05, 4.69) is 20.8 Å². The van der Waals surface area contributed by atoms with Gasteiger partial charge in [-0.3, -0.25) is 4.79 Å². The number of aliphatic hydroxyl groups is 1. The van der Waals surface area contributed by atoms with Crippen LogP contribution in [0.3, 0.4) is 0 Å². The van der Waals surface area contributed by atoms with E-state index in [0.717, 1.165) is 30.6 Å². The Balaban J connectivity index is 2.07. The lowest BCUT2D eigenvalue weighted by molar-refractivity contribution is -0.154. The summed E-state index contributed by atoms with van der Waals surface area (Å²) in [5.41, 5.74) is -0.743. The maximum atomic E-state index is 13.8. The van der Waals surface area contributed by atoms with E-state index in [4.69, 9.17) is 4.74 Å². The van der Waals surface area contributed by atoms with Gasteiger partial charge >= 0.3 is 5.97 Å². The summed E-state index contributed by atoms with van der Waals surface area (Å²) in [5, 5.41) is 19.2. The molecule has 0 spiro atoms. The zero-order valence-corrected chi connectivity index (χ0v) is 19.4. The standard InChI is InChI=1S/C23H35NO5S/c1-22(2,3)18-13-16(19(30-18)20(26)27)24-17(15-9-6-5-7-10-15)14-29-23(4,21(24)28)11-8-12-25/h13,15,17,25H,5-12,14H2,1-4H3,(H,26,27)/t17-,23-/m0/s1. The Morgan fingerprint density at radius 2 is 1.97 bits per heavy atom. The number of hydrogen-bond donors (Lipinski definition) is 2. The molecular weight excluding hydrogens is 402 g/mol. The topological polar surface area (TPSA) is 87.1 Å². The average molecular weight is 438 g/mol. The number of ether oxygens (including phenoxy) is 1. The van der Waals surface area contributed by atoms with Crippen molar-refractivity contribution in [1.29, 1.82) is 0 Å². The van der Waals surface area contributed by atoms with Crippen molar-refractivity contribution in [1.82, 2.24) is 0 Å². The first kappa shape index (κ1) is 23.2. The summed E-state index contributed by atoms with van der Waals surface area (Å²) >= 11 is 1.26. The highest BCUT2D eigenvalue weighted by Crippen LogP contribution is 2.43. The highest BCUT2D eigenvalue weighted by atomic mass is 32.1. The minimum absolute atomic E-state index is 0.00865. The number of thiophene rings is 1. The van der Waals surface area contributed by atoms with Gasteiger partial charge in [0, 0.05) is 11.5 Å². The van der Waals surface area contributed by atoms with E-state index >= 15 is 0 Å². The fourth-order valence-corrected chi connectivity index (χ4v) is 5.69. The maximum Gasteiger partial charge on any atom is 0.348 e. The molecule has 2 N–H and O–H groups in total. The van der Waals surface area contributed by atoms with Gasteiger partial charge in [-0.1, -0.05) is 40.0 Å². The number of amides is 1. The third-order valence-electron chi connectivity index (χ3n) is 6.49. The van der Waals surface area contributed by atoms with E-state index < -0.39 is 11.6 Å². The monoisotopic (exact) mass is 437 g/mol. The molecule has 3 rings (SSSR count). The fourth-order valence-electron chi connectivity index (χ4n) is 4.64. The molecule has 1 amide bonds. The molecule has 7 heteroatoms. The van der Waals surface area contributed by atoms with Crippen molar-refractivity contribution in [2.45, 2.75) is 89.7 Å². The molecule has 0 unspecified atom stereocenters. The van der Waals surface area contributed by atoms with Crippen molar-refractivity contribution >= 4 is 28.9 Å². The van der Waals surface area contributed by atoms with Gasteiger partial charge in [0.05, 0.1) is 18.3 Å². The Kier molecular flexibility index (Phi) is 6.94. The van der Waals surface area contributed by atoms with Gasteiger partial charge in [-0.05, 0) is 50.0 Å². The number of carbonyl (C=O) groups is 2. The summed E-state index contributed by atoms with van der Waals surface area (Å²) in [6.07, 6.45) is 6.41. The molecule has 2 heterocycles. The lowest BCUT2D eigenvalue weighted by atomic mass is 9.81. The van der Waals surface area contributed by atoms with Crippen molar-refractivity contribution in [3.63, 3.8) is 0 Å². The SMILES string of the molecule is CC(C)(C)c1cc(N2C(=O)[C@](C)(CCCO)OC[C@H]2C2CCCCC2)c(C(=O)O)s1. The van der Waals surface area contributed by atoms with E-state index in [1.807, 2.05) is 6.07 Å². The molecule has 1 aliphatic carbocycles. The Hall–Kier alpha value is -1.44. The van der Waals surface area contributed by atoms with Crippen LogP contribution in [0.25, 0.3) is 0 Å². The predicted octanol–water partition coefficient (Wildman–Crippen LogP) is 4.59. The van der Waals surface area contributed by atoms with Crippen molar-refractivity contribution < 1.29 is 24.5 Å². The molecule has 2 atom stereocenters. The first-order valence-electron chi connectivity index (χ1n) is 11.0. The lowest BCUT2D eigenvalue weighted by Gasteiger charge is -2.47. The molecule has 0 aromatic carbocycles. The predicted molar refractivity (Wildman–Crippen MR) is 119 cm³/mol. The normalized spacial score (nSPS) is 26.2. The minimum Gasteiger partial charge on any atom is -0.477 e. The van der Waals surface area contributed by atoms with Gasteiger partial charge in [-0.2, -0.15) is 0 Å². The largest absolute Gasteiger partial charge is 0.477 e. The third kappa shape index (κ3) is 4.58. The molecule has 6 nitrogen and oxygen atoms in total. The highest BCUT2D eigenvalue weighted by molar-refractivity contribution is 7.14. The Bertz CT molecular complexity index is 777. The van der Waals surface area contributed by atoms with Crippen molar-refractivity contribution in [2.75, 3.05) is 18.1 Å². The van der Waals surface area contributed by atoms with E-state index in [0.29, 0.717) is 31.1 Å². The summed E-state index contributed by atoms with van der Waals surface area (Å²) in [6, 6.07) is 1.75. The van der Waals surface area contributed by atoms with Crippen molar-refractivity contribution in [3.05, 3.63) is 15.8 Å². The number of nitrogens with zero attached hydrogens (tertiary/aromatic N) is 1. The zero-order chi connectivity index (χ0) is 22.1. The van der Waals surface area contributed by atoms with Crippen LogP contribution in [-0.2, 0) is 14.9 Å². The first-order chi connectivity index (χ1) is 14.1. The van der Waals surface area contributed by atoms with E-state index in [-0.39, 0.29) is 28.8 Å². The van der Waals surface area contributed by atoms with Crippen molar-refractivity contribution in [2.24, 2.45) is 5.92 Å². The van der Waals surface area contributed by atoms with E-state index in [9.17, 15) is 19.8 Å². The molecule has 0 bridgehead atoms. The number of morpholine rings is 1. The number of rotatable bonds is 6. The molecule has 2 fully saturated rings. The quantitative estimate of drug-likeness (QED) is 0.680. The van der Waals surface area contributed by atoms with Crippen LogP contribution in [0.15, 0.2) is 6.07 Å². The number of carbonyl (C=O) groups excluding carboxylic acids is 1. The number of hydrogen-bond acceptors (Lipinski definition) is 5. The molecule has 1 aromatic heterocycles. The zero-order valence-electron chi connectivity index (χ0n) is 18.6. The summed E-state index contributed by atoms with van der Waals surface area (Å²) in [7, 11) is 0. The van der Waals surface area contributed by atoms with Crippen molar-refractivity contribution in [3.8, 4) is 0 Å². The van der Waals surface area contributed by atoms with Gasteiger partial charge in [0.25, 0.3) is 5.91 Å². The van der Waals surface area contributed by atoms with E-state index in [1.165, 1.54) is 17.8 Å². The number of aliphatic hydroxyl groups excluding tert-OH is 1. The number of carboxylic acid groups (broad SMARTS) is 1. The molecule has 1 aliphatic heterocycles. The number of aromatic carboxylic acids is 1. The van der Waals surface area contributed by atoms with Crippen LogP contribution in [0, 0.1) is 5.92 Å². The average Bonchev–Trinajstić information content (AvgIpc) is 3.15. The van der Waals surface area contributed by atoms with Crippen LogP contribution in [0.2, 0.25) is 0 Å². The molecule has 1 saturated carbocycles. The van der Waals surface area contributed by atoms with Gasteiger partial charge < -0.3 is 19.8 Å². The second-order valence-corrected chi connectivity index (χ2v) is 10.9. The molecule has 2 aliphatic rings.